The van der Waals surface area contributed by atoms with E-state index in [-0.39, 0.29) is 11.8 Å². The summed E-state index contributed by atoms with van der Waals surface area (Å²) in [4.78, 5) is 18.3. The number of carbonyl (C=O) groups excluding carboxylic acids is 1. The second-order valence-electron chi connectivity index (χ2n) is 6.61. The van der Waals surface area contributed by atoms with Crippen LogP contribution in [0.1, 0.15) is 24.0 Å². The Balaban J connectivity index is 1.58. The molecule has 1 amide bonds. The van der Waals surface area contributed by atoms with Gasteiger partial charge in [-0.3, -0.25) is 4.79 Å². The van der Waals surface area contributed by atoms with Gasteiger partial charge in [-0.15, -0.1) is 0 Å². The number of amides is 1. The van der Waals surface area contributed by atoms with Crippen LogP contribution in [0.2, 0.25) is 5.02 Å². The highest BCUT2D eigenvalue weighted by Crippen LogP contribution is 2.30. The highest BCUT2D eigenvalue weighted by molar-refractivity contribution is 6.31. The molecule has 8 heteroatoms. The molecule has 1 aliphatic rings. The van der Waals surface area contributed by atoms with Gasteiger partial charge in [-0.2, -0.15) is 13.2 Å². The predicted octanol–water partition coefficient (Wildman–Crippen LogP) is 4.92. The molecular weight excluding hydrogens is 379 g/mol. The number of carbonyl (C=O) groups is 1. The Morgan fingerprint density at radius 1 is 1.22 bits per heavy atom. The molecule has 0 bridgehead atoms. The van der Waals surface area contributed by atoms with Gasteiger partial charge in [-0.25, -0.2) is 4.98 Å². The number of nitrogens with one attached hydrogen (secondary N) is 1. The van der Waals surface area contributed by atoms with Gasteiger partial charge in [0, 0.05) is 35.9 Å². The van der Waals surface area contributed by atoms with Gasteiger partial charge in [0.25, 0.3) is 0 Å². The molecule has 1 fully saturated rings. The van der Waals surface area contributed by atoms with Gasteiger partial charge < -0.3 is 10.2 Å². The molecule has 0 atom stereocenters. The summed E-state index contributed by atoms with van der Waals surface area (Å²) >= 11 is 5.98. The molecule has 27 heavy (non-hydrogen) atoms. The molecule has 1 aliphatic heterocycles. The third-order valence-electron chi connectivity index (χ3n) is 4.72. The zero-order chi connectivity index (χ0) is 19.6. The lowest BCUT2D eigenvalue weighted by Gasteiger charge is -2.32. The normalized spacial score (nSPS) is 15.7. The van der Waals surface area contributed by atoms with Gasteiger partial charge in [0.05, 0.1) is 5.56 Å². The Kier molecular flexibility index (Phi) is 5.60. The SMILES string of the molecule is Cc1ccc(Cl)cc1NC(=O)C1CCN(c2ccc(C(F)(F)F)cn2)CC1. The number of hydrogen-bond donors (Lipinski definition) is 1. The van der Waals surface area contributed by atoms with Crippen LogP contribution in [0.4, 0.5) is 24.7 Å². The van der Waals surface area contributed by atoms with E-state index in [0.29, 0.717) is 42.5 Å². The van der Waals surface area contributed by atoms with Gasteiger partial charge in [-0.1, -0.05) is 17.7 Å². The molecule has 144 valence electrons. The number of halogens is 4. The smallest absolute Gasteiger partial charge is 0.357 e. The molecule has 1 aromatic carbocycles. The minimum absolute atomic E-state index is 0.0691. The number of rotatable bonds is 3. The number of nitrogens with zero attached hydrogens (tertiary/aromatic N) is 2. The third-order valence-corrected chi connectivity index (χ3v) is 4.96. The lowest BCUT2D eigenvalue weighted by atomic mass is 9.95. The van der Waals surface area contributed by atoms with Crippen LogP contribution in [-0.2, 0) is 11.0 Å². The average molecular weight is 398 g/mol. The van der Waals surface area contributed by atoms with Crippen LogP contribution in [0.3, 0.4) is 0 Å². The van der Waals surface area contributed by atoms with Crippen molar-refractivity contribution in [2.24, 2.45) is 5.92 Å². The largest absolute Gasteiger partial charge is 0.417 e. The van der Waals surface area contributed by atoms with E-state index in [1.807, 2.05) is 17.9 Å². The lowest BCUT2D eigenvalue weighted by molar-refractivity contribution is -0.137. The van der Waals surface area contributed by atoms with Crippen LogP contribution in [0.25, 0.3) is 0 Å². The van der Waals surface area contributed by atoms with Gasteiger partial charge in [-0.05, 0) is 49.6 Å². The maximum absolute atomic E-state index is 12.6. The molecule has 0 aliphatic carbocycles. The van der Waals surface area contributed by atoms with Crippen LogP contribution in [0.5, 0.6) is 0 Å². The van der Waals surface area contributed by atoms with E-state index < -0.39 is 11.7 Å². The van der Waals surface area contributed by atoms with Crippen LogP contribution in [0, 0.1) is 12.8 Å². The maximum atomic E-state index is 12.6. The number of alkyl halides is 3. The van der Waals surface area contributed by atoms with Crippen molar-refractivity contribution >= 4 is 29.0 Å². The second kappa shape index (κ2) is 7.76. The van der Waals surface area contributed by atoms with Crippen molar-refractivity contribution in [1.29, 1.82) is 0 Å². The van der Waals surface area contributed by atoms with Crippen molar-refractivity contribution in [3.05, 3.63) is 52.7 Å². The van der Waals surface area contributed by atoms with E-state index >= 15 is 0 Å². The monoisotopic (exact) mass is 397 g/mol. The van der Waals surface area contributed by atoms with E-state index in [0.717, 1.165) is 17.8 Å². The summed E-state index contributed by atoms with van der Waals surface area (Å²) in [6, 6.07) is 7.73. The molecule has 2 aromatic rings. The molecule has 0 spiro atoms. The fourth-order valence-electron chi connectivity index (χ4n) is 3.08. The van der Waals surface area contributed by atoms with Crippen molar-refractivity contribution < 1.29 is 18.0 Å². The number of pyridine rings is 1. The van der Waals surface area contributed by atoms with Gasteiger partial charge in [0.15, 0.2) is 0 Å². The van der Waals surface area contributed by atoms with E-state index in [2.05, 4.69) is 10.3 Å². The molecule has 0 saturated carbocycles. The summed E-state index contributed by atoms with van der Waals surface area (Å²) in [5.41, 5.74) is 0.857. The van der Waals surface area contributed by atoms with Crippen molar-refractivity contribution in [2.45, 2.75) is 25.9 Å². The number of aryl methyl sites for hydroxylation is 1. The minimum Gasteiger partial charge on any atom is -0.357 e. The maximum Gasteiger partial charge on any atom is 0.417 e. The number of piperidine rings is 1. The summed E-state index contributed by atoms with van der Waals surface area (Å²) in [6.45, 7) is 3.01. The average Bonchev–Trinajstić information content (AvgIpc) is 2.64. The first-order valence-corrected chi connectivity index (χ1v) is 8.97. The molecule has 1 saturated heterocycles. The van der Waals surface area contributed by atoms with E-state index in [4.69, 9.17) is 11.6 Å². The Morgan fingerprint density at radius 2 is 1.93 bits per heavy atom. The topological polar surface area (TPSA) is 45.2 Å². The Morgan fingerprint density at radius 3 is 2.52 bits per heavy atom. The van der Waals surface area contributed by atoms with Crippen LogP contribution in [0.15, 0.2) is 36.5 Å². The first-order chi connectivity index (χ1) is 12.7. The molecule has 3 rings (SSSR count). The van der Waals surface area contributed by atoms with Crippen LogP contribution in [-0.4, -0.2) is 24.0 Å². The summed E-state index contributed by atoms with van der Waals surface area (Å²) in [5, 5.41) is 3.47. The van der Waals surface area contributed by atoms with Gasteiger partial charge >= 0.3 is 6.18 Å². The second-order valence-corrected chi connectivity index (χ2v) is 7.05. The molecule has 1 N–H and O–H groups in total. The highest BCUT2D eigenvalue weighted by atomic mass is 35.5. The number of benzene rings is 1. The van der Waals surface area contributed by atoms with Gasteiger partial charge in [0.2, 0.25) is 5.91 Å². The number of hydrogen-bond acceptors (Lipinski definition) is 3. The molecule has 1 aromatic heterocycles. The number of anilines is 2. The number of aromatic nitrogens is 1. The van der Waals surface area contributed by atoms with Crippen LogP contribution < -0.4 is 10.2 Å². The molecule has 0 radical (unpaired) electrons. The van der Waals surface area contributed by atoms with E-state index in [1.54, 1.807) is 12.1 Å². The molecular formula is C19H19ClF3N3O. The van der Waals surface area contributed by atoms with E-state index in [1.165, 1.54) is 6.07 Å². The summed E-state index contributed by atoms with van der Waals surface area (Å²) in [7, 11) is 0. The van der Waals surface area contributed by atoms with Crippen molar-refractivity contribution in [1.82, 2.24) is 4.98 Å². The highest BCUT2D eigenvalue weighted by Gasteiger charge is 2.31. The third kappa shape index (κ3) is 4.71. The molecule has 0 unspecified atom stereocenters. The van der Waals surface area contributed by atoms with Gasteiger partial charge in [0.1, 0.15) is 5.82 Å². The molecule has 4 nitrogen and oxygen atoms in total. The van der Waals surface area contributed by atoms with Crippen molar-refractivity contribution in [3.8, 4) is 0 Å². The molecule has 2 heterocycles. The first-order valence-electron chi connectivity index (χ1n) is 8.59. The zero-order valence-corrected chi connectivity index (χ0v) is 15.4. The summed E-state index contributed by atoms with van der Waals surface area (Å²) in [6.07, 6.45) is -2.34. The lowest BCUT2D eigenvalue weighted by Crippen LogP contribution is -2.38. The fourth-order valence-corrected chi connectivity index (χ4v) is 3.25. The predicted molar refractivity (Wildman–Crippen MR) is 99.0 cm³/mol. The van der Waals surface area contributed by atoms with E-state index in [9.17, 15) is 18.0 Å². The Bertz CT molecular complexity index is 816. The Labute approximate surface area is 160 Å². The zero-order valence-electron chi connectivity index (χ0n) is 14.7. The Hall–Kier alpha value is -2.28. The fraction of sp³-hybridized carbons (Fsp3) is 0.368. The van der Waals surface area contributed by atoms with Crippen molar-refractivity contribution in [2.75, 3.05) is 23.3 Å². The summed E-state index contributed by atoms with van der Waals surface area (Å²) < 4.78 is 37.9. The first kappa shape index (κ1) is 19.5. The van der Waals surface area contributed by atoms with Crippen molar-refractivity contribution in [3.63, 3.8) is 0 Å². The quantitative estimate of drug-likeness (QED) is 0.799. The standard InChI is InChI=1S/C19H19ClF3N3O/c1-12-2-4-15(20)10-16(12)25-18(27)13-6-8-26(9-7-13)17-5-3-14(11-24-17)19(21,22)23/h2-5,10-11,13H,6-9H2,1H3,(H,25,27). The summed E-state index contributed by atoms with van der Waals surface area (Å²) in [5.74, 6) is 0.266. The van der Waals surface area contributed by atoms with Crippen LogP contribution >= 0.6 is 11.6 Å². The minimum atomic E-state index is -4.39.